The fourth-order valence-corrected chi connectivity index (χ4v) is 2.46. The van der Waals surface area contributed by atoms with Crippen molar-refractivity contribution in [3.05, 3.63) is 34.9 Å². The Kier molecular flexibility index (Phi) is 4.75. The first-order valence-electron chi connectivity index (χ1n) is 6.82. The molecule has 0 radical (unpaired) electrons. The summed E-state index contributed by atoms with van der Waals surface area (Å²) >= 11 is 0. The van der Waals surface area contributed by atoms with Gasteiger partial charge in [0.25, 0.3) is 0 Å². The zero-order valence-corrected chi connectivity index (χ0v) is 11.3. The van der Waals surface area contributed by atoms with E-state index < -0.39 is 0 Å². The van der Waals surface area contributed by atoms with Gasteiger partial charge in [-0.25, -0.2) is 0 Å². The minimum absolute atomic E-state index is 0.0177. The highest BCUT2D eigenvalue weighted by Crippen LogP contribution is 2.22. The van der Waals surface area contributed by atoms with Crippen LogP contribution >= 0.6 is 0 Å². The summed E-state index contributed by atoms with van der Waals surface area (Å²) in [6.45, 7) is 6.29. The number of hydrogen-bond donors (Lipinski definition) is 1. The van der Waals surface area contributed by atoms with Crippen molar-refractivity contribution in [3.8, 4) is 0 Å². The number of rotatable bonds is 4. The molecular weight excluding hydrogens is 226 g/mol. The zero-order valence-electron chi connectivity index (χ0n) is 11.3. The van der Waals surface area contributed by atoms with Gasteiger partial charge < -0.3 is 15.2 Å². The molecule has 3 nitrogen and oxygen atoms in total. The van der Waals surface area contributed by atoms with Gasteiger partial charge in [0, 0.05) is 0 Å². The van der Waals surface area contributed by atoms with E-state index in [2.05, 4.69) is 32.0 Å². The van der Waals surface area contributed by atoms with Crippen LogP contribution in [0.15, 0.2) is 18.2 Å². The molecule has 2 N–H and O–H groups in total. The fraction of sp³-hybridized carbons (Fsp3) is 0.600. The molecule has 1 heterocycles. The molecule has 0 aromatic heterocycles. The van der Waals surface area contributed by atoms with Crippen LogP contribution in [0.3, 0.4) is 0 Å². The Morgan fingerprint density at radius 2 is 2.00 bits per heavy atom. The van der Waals surface area contributed by atoms with Crippen molar-refractivity contribution in [2.75, 3.05) is 19.8 Å². The molecule has 2 unspecified atom stereocenters. The van der Waals surface area contributed by atoms with E-state index in [0.717, 1.165) is 18.4 Å². The zero-order chi connectivity index (χ0) is 13.0. The summed E-state index contributed by atoms with van der Waals surface area (Å²) in [6.07, 6.45) is 2.10. The summed E-state index contributed by atoms with van der Waals surface area (Å²) < 4.78 is 11.1. The summed E-state index contributed by atoms with van der Waals surface area (Å²) in [6, 6.07) is 6.45. The van der Waals surface area contributed by atoms with E-state index in [0.29, 0.717) is 19.8 Å². The SMILES string of the molecule is CCc1ccc(C(N)C2COCCO2)cc1CC. The standard InChI is InChI=1S/C15H23NO2/c1-3-11-5-6-13(9-12(11)4-2)15(16)14-10-17-7-8-18-14/h5-6,9,14-15H,3-4,7-8,10,16H2,1-2H3. The van der Waals surface area contributed by atoms with E-state index in [9.17, 15) is 0 Å². The minimum Gasteiger partial charge on any atom is -0.376 e. The van der Waals surface area contributed by atoms with Crippen LogP contribution in [0.25, 0.3) is 0 Å². The number of nitrogens with two attached hydrogens (primary N) is 1. The third kappa shape index (κ3) is 2.91. The molecule has 1 aromatic carbocycles. The molecule has 2 rings (SSSR count). The second-order valence-electron chi connectivity index (χ2n) is 4.75. The van der Waals surface area contributed by atoms with E-state index in [1.807, 2.05) is 0 Å². The molecule has 1 aromatic rings. The molecule has 2 atom stereocenters. The van der Waals surface area contributed by atoms with E-state index in [1.165, 1.54) is 11.1 Å². The largest absolute Gasteiger partial charge is 0.376 e. The topological polar surface area (TPSA) is 44.5 Å². The van der Waals surface area contributed by atoms with Crippen molar-refractivity contribution in [2.24, 2.45) is 5.73 Å². The minimum atomic E-state index is -0.0958. The van der Waals surface area contributed by atoms with Gasteiger partial charge >= 0.3 is 0 Å². The van der Waals surface area contributed by atoms with Crippen LogP contribution in [0.1, 0.15) is 36.6 Å². The van der Waals surface area contributed by atoms with Crippen LogP contribution in [0, 0.1) is 0 Å². The molecule has 0 bridgehead atoms. The molecule has 0 saturated carbocycles. The van der Waals surface area contributed by atoms with Crippen molar-refractivity contribution < 1.29 is 9.47 Å². The lowest BCUT2D eigenvalue weighted by atomic mass is 9.95. The van der Waals surface area contributed by atoms with Gasteiger partial charge in [-0.2, -0.15) is 0 Å². The summed E-state index contributed by atoms with van der Waals surface area (Å²) in [5.41, 5.74) is 10.2. The molecule has 0 spiro atoms. The Balaban J connectivity index is 2.16. The Bertz CT molecular complexity index is 386. The highest BCUT2D eigenvalue weighted by atomic mass is 16.6. The average Bonchev–Trinajstić information content (AvgIpc) is 2.46. The summed E-state index contributed by atoms with van der Waals surface area (Å²) in [5, 5.41) is 0. The molecule has 18 heavy (non-hydrogen) atoms. The molecular formula is C15H23NO2. The van der Waals surface area contributed by atoms with Crippen LogP contribution in [-0.4, -0.2) is 25.9 Å². The third-order valence-electron chi connectivity index (χ3n) is 3.62. The van der Waals surface area contributed by atoms with E-state index in [4.69, 9.17) is 15.2 Å². The first-order valence-corrected chi connectivity index (χ1v) is 6.82. The van der Waals surface area contributed by atoms with Crippen LogP contribution in [-0.2, 0) is 22.3 Å². The lowest BCUT2D eigenvalue weighted by molar-refractivity contribution is -0.0975. The maximum absolute atomic E-state index is 6.28. The lowest BCUT2D eigenvalue weighted by Crippen LogP contribution is -2.37. The first-order chi connectivity index (χ1) is 8.76. The van der Waals surface area contributed by atoms with Gasteiger partial charge in [0.1, 0.15) is 6.10 Å². The second kappa shape index (κ2) is 6.32. The molecule has 1 saturated heterocycles. The fourth-order valence-electron chi connectivity index (χ4n) is 2.46. The van der Waals surface area contributed by atoms with Crippen molar-refractivity contribution >= 4 is 0 Å². The van der Waals surface area contributed by atoms with Crippen molar-refractivity contribution in [1.29, 1.82) is 0 Å². The van der Waals surface area contributed by atoms with Crippen LogP contribution in [0.4, 0.5) is 0 Å². The van der Waals surface area contributed by atoms with Gasteiger partial charge in [-0.1, -0.05) is 32.0 Å². The third-order valence-corrected chi connectivity index (χ3v) is 3.62. The van der Waals surface area contributed by atoms with Gasteiger partial charge in [-0.05, 0) is 29.5 Å². The Morgan fingerprint density at radius 1 is 1.22 bits per heavy atom. The van der Waals surface area contributed by atoms with E-state index >= 15 is 0 Å². The quantitative estimate of drug-likeness (QED) is 0.890. The summed E-state index contributed by atoms with van der Waals surface area (Å²) in [5.74, 6) is 0. The maximum atomic E-state index is 6.28. The van der Waals surface area contributed by atoms with E-state index in [-0.39, 0.29) is 12.1 Å². The second-order valence-corrected chi connectivity index (χ2v) is 4.75. The van der Waals surface area contributed by atoms with Crippen molar-refractivity contribution in [3.63, 3.8) is 0 Å². The molecule has 3 heteroatoms. The molecule has 100 valence electrons. The van der Waals surface area contributed by atoms with Gasteiger partial charge in [-0.15, -0.1) is 0 Å². The number of hydrogen-bond acceptors (Lipinski definition) is 3. The lowest BCUT2D eigenvalue weighted by Gasteiger charge is -2.28. The summed E-state index contributed by atoms with van der Waals surface area (Å²) in [4.78, 5) is 0. The first kappa shape index (κ1) is 13.5. The molecule has 0 aliphatic carbocycles. The van der Waals surface area contributed by atoms with Crippen molar-refractivity contribution in [2.45, 2.75) is 38.8 Å². The van der Waals surface area contributed by atoms with Crippen LogP contribution < -0.4 is 5.73 Å². The molecule has 1 aliphatic rings. The number of benzene rings is 1. The van der Waals surface area contributed by atoms with Crippen LogP contribution in [0.2, 0.25) is 0 Å². The maximum Gasteiger partial charge on any atom is 0.100 e. The highest BCUT2D eigenvalue weighted by Gasteiger charge is 2.23. The van der Waals surface area contributed by atoms with Gasteiger partial charge in [0.05, 0.1) is 25.9 Å². The van der Waals surface area contributed by atoms with Crippen LogP contribution in [0.5, 0.6) is 0 Å². The monoisotopic (exact) mass is 249 g/mol. The van der Waals surface area contributed by atoms with E-state index in [1.54, 1.807) is 0 Å². The Morgan fingerprint density at radius 3 is 2.61 bits per heavy atom. The number of ether oxygens (including phenoxy) is 2. The van der Waals surface area contributed by atoms with Gasteiger partial charge in [0.15, 0.2) is 0 Å². The normalized spacial score (nSPS) is 21.8. The Hall–Kier alpha value is -0.900. The average molecular weight is 249 g/mol. The molecule has 1 aliphatic heterocycles. The molecule has 1 fully saturated rings. The smallest absolute Gasteiger partial charge is 0.100 e. The highest BCUT2D eigenvalue weighted by molar-refractivity contribution is 5.34. The molecule has 0 amide bonds. The number of aryl methyl sites for hydroxylation is 2. The van der Waals surface area contributed by atoms with Gasteiger partial charge in [0.2, 0.25) is 0 Å². The van der Waals surface area contributed by atoms with Crippen molar-refractivity contribution in [1.82, 2.24) is 0 Å². The summed E-state index contributed by atoms with van der Waals surface area (Å²) in [7, 11) is 0. The predicted octanol–water partition coefficient (Wildman–Crippen LogP) is 2.23. The Labute approximate surface area is 109 Å². The predicted molar refractivity (Wildman–Crippen MR) is 72.7 cm³/mol. The van der Waals surface area contributed by atoms with Gasteiger partial charge in [-0.3, -0.25) is 0 Å².